The van der Waals surface area contributed by atoms with Gasteiger partial charge < -0.3 is 20.5 Å². The molecule has 0 saturated heterocycles. The third-order valence-corrected chi connectivity index (χ3v) is 3.10. The Balaban J connectivity index is 1.87. The van der Waals surface area contributed by atoms with Crippen molar-refractivity contribution >= 4 is 17.5 Å². The molecule has 104 valence electrons. The molecule has 0 aromatic heterocycles. The molecule has 0 aliphatic heterocycles. The van der Waals surface area contributed by atoms with Crippen LogP contribution in [0.4, 0.5) is 0 Å². The number of methoxy groups -OCH3 is 1. The number of carbonyl (C=O) groups excluding carboxylic acids is 1. The average Bonchev–Trinajstić information content (AvgIpc) is 3.16. The molecule has 0 spiro atoms. The SMILES string of the molecule is COc1cc(Cl)cc(CNCC(=O)NC2CC2)c1O. The van der Waals surface area contributed by atoms with E-state index in [-0.39, 0.29) is 18.2 Å². The summed E-state index contributed by atoms with van der Waals surface area (Å²) >= 11 is 5.92. The number of benzene rings is 1. The Morgan fingerprint density at radius 1 is 1.53 bits per heavy atom. The quantitative estimate of drug-likeness (QED) is 0.739. The summed E-state index contributed by atoms with van der Waals surface area (Å²) in [6, 6.07) is 3.54. The molecule has 1 aliphatic rings. The van der Waals surface area contributed by atoms with Crippen molar-refractivity contribution in [3.05, 3.63) is 22.7 Å². The fourth-order valence-electron chi connectivity index (χ4n) is 1.74. The van der Waals surface area contributed by atoms with E-state index < -0.39 is 0 Å². The summed E-state index contributed by atoms with van der Waals surface area (Å²) in [6.45, 7) is 0.561. The Morgan fingerprint density at radius 2 is 2.26 bits per heavy atom. The van der Waals surface area contributed by atoms with Gasteiger partial charge in [0.25, 0.3) is 0 Å². The summed E-state index contributed by atoms with van der Waals surface area (Å²) < 4.78 is 5.01. The molecule has 1 amide bonds. The minimum atomic E-state index is -0.0315. The number of nitrogens with one attached hydrogen (secondary N) is 2. The summed E-state index contributed by atoms with van der Waals surface area (Å²) in [4.78, 5) is 11.5. The van der Waals surface area contributed by atoms with Crippen molar-refractivity contribution in [2.75, 3.05) is 13.7 Å². The maximum Gasteiger partial charge on any atom is 0.234 e. The minimum Gasteiger partial charge on any atom is -0.504 e. The molecule has 1 aromatic carbocycles. The summed E-state index contributed by atoms with van der Waals surface area (Å²) in [6.07, 6.45) is 2.13. The molecule has 0 bridgehead atoms. The molecule has 0 radical (unpaired) electrons. The zero-order chi connectivity index (χ0) is 13.8. The molecule has 3 N–H and O–H groups in total. The van der Waals surface area contributed by atoms with Crippen molar-refractivity contribution in [3.8, 4) is 11.5 Å². The van der Waals surface area contributed by atoms with Crippen LogP contribution in [-0.4, -0.2) is 30.7 Å². The number of rotatable bonds is 6. The average molecular weight is 285 g/mol. The van der Waals surface area contributed by atoms with Gasteiger partial charge in [-0.05, 0) is 18.9 Å². The lowest BCUT2D eigenvalue weighted by atomic mass is 10.2. The van der Waals surface area contributed by atoms with Crippen LogP contribution in [0.1, 0.15) is 18.4 Å². The molecule has 0 heterocycles. The Morgan fingerprint density at radius 3 is 2.89 bits per heavy atom. The lowest BCUT2D eigenvalue weighted by molar-refractivity contribution is -0.120. The van der Waals surface area contributed by atoms with Gasteiger partial charge in [-0.1, -0.05) is 11.6 Å². The smallest absolute Gasteiger partial charge is 0.234 e. The van der Waals surface area contributed by atoms with Crippen LogP contribution in [0.15, 0.2) is 12.1 Å². The van der Waals surface area contributed by atoms with E-state index in [1.165, 1.54) is 7.11 Å². The predicted molar refractivity (Wildman–Crippen MR) is 72.5 cm³/mol. The van der Waals surface area contributed by atoms with Gasteiger partial charge in [-0.2, -0.15) is 0 Å². The van der Waals surface area contributed by atoms with Crippen LogP contribution in [0.25, 0.3) is 0 Å². The third kappa shape index (κ3) is 4.01. The van der Waals surface area contributed by atoms with E-state index in [0.29, 0.717) is 28.9 Å². The van der Waals surface area contributed by atoms with Gasteiger partial charge in [-0.3, -0.25) is 4.79 Å². The maximum atomic E-state index is 11.5. The number of aromatic hydroxyl groups is 1. The molecule has 2 rings (SSSR count). The van der Waals surface area contributed by atoms with Crippen LogP contribution in [0.2, 0.25) is 5.02 Å². The molecule has 6 heteroatoms. The fourth-order valence-corrected chi connectivity index (χ4v) is 1.97. The number of hydrogen-bond acceptors (Lipinski definition) is 4. The highest BCUT2D eigenvalue weighted by molar-refractivity contribution is 6.30. The van der Waals surface area contributed by atoms with Crippen LogP contribution < -0.4 is 15.4 Å². The van der Waals surface area contributed by atoms with Crippen molar-refractivity contribution in [2.45, 2.75) is 25.4 Å². The van der Waals surface area contributed by atoms with Gasteiger partial charge in [0, 0.05) is 29.2 Å². The molecule has 5 nitrogen and oxygen atoms in total. The van der Waals surface area contributed by atoms with E-state index in [9.17, 15) is 9.90 Å². The van der Waals surface area contributed by atoms with Gasteiger partial charge in [0.15, 0.2) is 11.5 Å². The van der Waals surface area contributed by atoms with Gasteiger partial charge in [-0.15, -0.1) is 0 Å². The van der Waals surface area contributed by atoms with Crippen molar-refractivity contribution < 1.29 is 14.6 Å². The van der Waals surface area contributed by atoms with Gasteiger partial charge in [0.05, 0.1) is 13.7 Å². The van der Waals surface area contributed by atoms with Gasteiger partial charge >= 0.3 is 0 Å². The standard InChI is InChI=1S/C13H17ClN2O3/c1-19-11-5-9(14)4-8(13(11)18)6-15-7-12(17)16-10-2-3-10/h4-5,10,15,18H,2-3,6-7H2,1H3,(H,16,17). The van der Waals surface area contributed by atoms with E-state index >= 15 is 0 Å². The lowest BCUT2D eigenvalue weighted by Gasteiger charge is -2.11. The molecule has 1 saturated carbocycles. The van der Waals surface area contributed by atoms with Crippen LogP contribution in [0.3, 0.4) is 0 Å². The van der Waals surface area contributed by atoms with Crippen molar-refractivity contribution in [1.82, 2.24) is 10.6 Å². The number of ether oxygens (including phenoxy) is 1. The highest BCUT2D eigenvalue weighted by Crippen LogP contribution is 2.33. The molecule has 0 unspecified atom stereocenters. The normalized spacial score (nSPS) is 14.2. The highest BCUT2D eigenvalue weighted by Gasteiger charge is 2.22. The van der Waals surface area contributed by atoms with E-state index in [1.807, 2.05) is 0 Å². The first-order chi connectivity index (χ1) is 9.10. The highest BCUT2D eigenvalue weighted by atomic mass is 35.5. The Hall–Kier alpha value is -1.46. The van der Waals surface area contributed by atoms with Gasteiger partial charge in [0.1, 0.15) is 0 Å². The molecule has 1 aromatic rings. The molecule has 1 fully saturated rings. The second-order valence-electron chi connectivity index (χ2n) is 4.56. The molecule has 1 aliphatic carbocycles. The van der Waals surface area contributed by atoms with E-state index in [2.05, 4.69) is 10.6 Å². The third-order valence-electron chi connectivity index (χ3n) is 2.88. The second kappa shape index (κ2) is 6.12. The Kier molecular flexibility index (Phi) is 4.50. The number of amides is 1. The van der Waals surface area contributed by atoms with Crippen LogP contribution in [-0.2, 0) is 11.3 Å². The summed E-state index contributed by atoms with van der Waals surface area (Å²) in [5.74, 6) is 0.338. The first-order valence-electron chi connectivity index (χ1n) is 6.15. The lowest BCUT2D eigenvalue weighted by Crippen LogP contribution is -2.34. The first kappa shape index (κ1) is 14.0. The number of phenols is 1. The van der Waals surface area contributed by atoms with E-state index in [0.717, 1.165) is 12.8 Å². The minimum absolute atomic E-state index is 0.0315. The zero-order valence-electron chi connectivity index (χ0n) is 10.7. The summed E-state index contributed by atoms with van der Waals surface area (Å²) in [5, 5.41) is 16.2. The second-order valence-corrected chi connectivity index (χ2v) is 5.00. The van der Waals surface area contributed by atoms with Crippen LogP contribution in [0.5, 0.6) is 11.5 Å². The Bertz CT molecular complexity index is 475. The van der Waals surface area contributed by atoms with Crippen molar-refractivity contribution in [2.24, 2.45) is 0 Å². The molecule has 0 atom stereocenters. The topological polar surface area (TPSA) is 70.6 Å². The first-order valence-corrected chi connectivity index (χ1v) is 6.53. The number of carbonyl (C=O) groups is 1. The number of phenolic OH excluding ortho intramolecular Hbond substituents is 1. The maximum absolute atomic E-state index is 11.5. The predicted octanol–water partition coefficient (Wildman–Crippen LogP) is 1.42. The number of halogens is 1. The molecular weight excluding hydrogens is 268 g/mol. The fraction of sp³-hybridized carbons (Fsp3) is 0.462. The molecule has 19 heavy (non-hydrogen) atoms. The van der Waals surface area contributed by atoms with Gasteiger partial charge in [-0.25, -0.2) is 0 Å². The molecular formula is C13H17ClN2O3. The largest absolute Gasteiger partial charge is 0.504 e. The van der Waals surface area contributed by atoms with Crippen LogP contribution >= 0.6 is 11.6 Å². The van der Waals surface area contributed by atoms with E-state index in [4.69, 9.17) is 16.3 Å². The monoisotopic (exact) mass is 284 g/mol. The van der Waals surface area contributed by atoms with Gasteiger partial charge in [0.2, 0.25) is 5.91 Å². The van der Waals surface area contributed by atoms with Crippen molar-refractivity contribution in [1.29, 1.82) is 0 Å². The van der Waals surface area contributed by atoms with Crippen LogP contribution in [0, 0.1) is 0 Å². The van der Waals surface area contributed by atoms with E-state index in [1.54, 1.807) is 12.1 Å². The zero-order valence-corrected chi connectivity index (χ0v) is 11.5. The Labute approximate surface area is 116 Å². The van der Waals surface area contributed by atoms with Crippen molar-refractivity contribution in [3.63, 3.8) is 0 Å². The summed E-state index contributed by atoms with van der Waals surface area (Å²) in [5.41, 5.74) is 0.601. The number of hydrogen-bond donors (Lipinski definition) is 3. The summed E-state index contributed by atoms with van der Waals surface area (Å²) in [7, 11) is 1.46.